The zero-order valence-corrected chi connectivity index (χ0v) is 11.9. The number of hydrogen-bond donors (Lipinski definition) is 2. The summed E-state index contributed by atoms with van der Waals surface area (Å²) >= 11 is 5.18. The quantitative estimate of drug-likeness (QED) is 0.592. The largest absolute Gasteiger partial charge is 0.382 e. The first-order valence-electron chi connectivity index (χ1n) is 6.34. The zero-order chi connectivity index (χ0) is 13.9. The smallest absolute Gasteiger partial charge is 0.170 e. The molecule has 0 aromatic heterocycles. The van der Waals surface area contributed by atoms with Crippen LogP contribution in [0.2, 0.25) is 0 Å². The SMILES string of the molecule is CCOCCCNC(=S)Nc1ccc(CC#N)cc1. The molecule has 1 aromatic carbocycles. The summed E-state index contributed by atoms with van der Waals surface area (Å²) < 4.78 is 5.24. The Kier molecular flexibility index (Phi) is 7.56. The predicted molar refractivity (Wildman–Crippen MR) is 81.1 cm³/mol. The highest BCUT2D eigenvalue weighted by Crippen LogP contribution is 2.09. The molecular weight excluding hydrogens is 258 g/mol. The normalized spacial score (nSPS) is 9.68. The van der Waals surface area contributed by atoms with Crippen LogP contribution in [0.25, 0.3) is 0 Å². The maximum Gasteiger partial charge on any atom is 0.170 e. The second-order valence-corrected chi connectivity index (χ2v) is 4.37. The number of nitrogens with zero attached hydrogens (tertiary/aromatic N) is 1. The predicted octanol–water partition coefficient (Wildman–Crippen LogP) is 2.47. The fraction of sp³-hybridized carbons (Fsp3) is 0.429. The fourth-order valence-electron chi connectivity index (χ4n) is 1.49. The van der Waals surface area contributed by atoms with E-state index in [1.54, 1.807) is 0 Å². The molecule has 102 valence electrons. The lowest BCUT2D eigenvalue weighted by molar-refractivity contribution is 0.146. The first kappa shape index (κ1) is 15.4. The first-order valence-corrected chi connectivity index (χ1v) is 6.75. The van der Waals surface area contributed by atoms with E-state index < -0.39 is 0 Å². The maximum atomic E-state index is 8.59. The third kappa shape index (κ3) is 6.75. The van der Waals surface area contributed by atoms with E-state index >= 15 is 0 Å². The maximum absolute atomic E-state index is 8.59. The van der Waals surface area contributed by atoms with Gasteiger partial charge in [-0.15, -0.1) is 0 Å². The molecule has 0 atom stereocenters. The van der Waals surface area contributed by atoms with Crippen LogP contribution in [-0.2, 0) is 11.2 Å². The van der Waals surface area contributed by atoms with E-state index in [1.165, 1.54) is 0 Å². The molecule has 0 bridgehead atoms. The Morgan fingerprint density at radius 1 is 1.37 bits per heavy atom. The van der Waals surface area contributed by atoms with Crippen molar-refractivity contribution in [3.63, 3.8) is 0 Å². The number of benzene rings is 1. The van der Waals surface area contributed by atoms with Gasteiger partial charge >= 0.3 is 0 Å². The Hall–Kier alpha value is -1.64. The minimum atomic E-state index is 0.431. The summed E-state index contributed by atoms with van der Waals surface area (Å²) in [5.41, 5.74) is 1.92. The number of thiocarbonyl (C=S) groups is 1. The molecule has 0 saturated heterocycles. The van der Waals surface area contributed by atoms with Gasteiger partial charge in [-0.05, 0) is 43.3 Å². The van der Waals surface area contributed by atoms with E-state index in [1.807, 2.05) is 31.2 Å². The second-order valence-electron chi connectivity index (χ2n) is 3.96. The van der Waals surface area contributed by atoms with Crippen molar-refractivity contribution >= 4 is 23.0 Å². The van der Waals surface area contributed by atoms with Crippen LogP contribution in [-0.4, -0.2) is 24.9 Å². The van der Waals surface area contributed by atoms with E-state index in [9.17, 15) is 0 Å². The third-order valence-corrected chi connectivity index (χ3v) is 2.70. The topological polar surface area (TPSA) is 57.1 Å². The van der Waals surface area contributed by atoms with Crippen LogP contribution < -0.4 is 10.6 Å². The Morgan fingerprint density at radius 3 is 2.74 bits per heavy atom. The van der Waals surface area contributed by atoms with Crippen molar-refractivity contribution in [2.75, 3.05) is 25.1 Å². The van der Waals surface area contributed by atoms with Crippen LogP contribution >= 0.6 is 12.2 Å². The highest BCUT2D eigenvalue weighted by molar-refractivity contribution is 7.80. The lowest BCUT2D eigenvalue weighted by atomic mass is 10.1. The Balaban J connectivity index is 2.26. The van der Waals surface area contributed by atoms with Crippen LogP contribution in [0, 0.1) is 11.3 Å². The van der Waals surface area contributed by atoms with Crippen LogP contribution in [0.3, 0.4) is 0 Å². The molecule has 0 radical (unpaired) electrons. The molecule has 4 nitrogen and oxygen atoms in total. The van der Waals surface area contributed by atoms with E-state index in [-0.39, 0.29) is 0 Å². The number of ether oxygens (including phenoxy) is 1. The van der Waals surface area contributed by atoms with Gasteiger partial charge in [0.05, 0.1) is 12.5 Å². The van der Waals surface area contributed by atoms with Gasteiger partial charge in [0.1, 0.15) is 0 Å². The summed E-state index contributed by atoms with van der Waals surface area (Å²) in [5.74, 6) is 0. The van der Waals surface area contributed by atoms with Crippen molar-refractivity contribution < 1.29 is 4.74 Å². The van der Waals surface area contributed by atoms with Gasteiger partial charge in [-0.3, -0.25) is 0 Å². The third-order valence-electron chi connectivity index (χ3n) is 2.45. The van der Waals surface area contributed by atoms with Crippen molar-refractivity contribution in [2.24, 2.45) is 0 Å². The molecular formula is C14H19N3OS. The molecule has 2 N–H and O–H groups in total. The van der Waals surface area contributed by atoms with Gasteiger partial charge in [0, 0.05) is 25.4 Å². The van der Waals surface area contributed by atoms with Crippen molar-refractivity contribution in [3.05, 3.63) is 29.8 Å². The van der Waals surface area contributed by atoms with Gasteiger partial charge in [-0.25, -0.2) is 0 Å². The summed E-state index contributed by atoms with van der Waals surface area (Å²) in [6.45, 7) is 4.26. The van der Waals surface area contributed by atoms with Crippen molar-refractivity contribution in [1.29, 1.82) is 5.26 Å². The molecule has 0 heterocycles. The minimum absolute atomic E-state index is 0.431. The average Bonchev–Trinajstić information content (AvgIpc) is 2.41. The van der Waals surface area contributed by atoms with Gasteiger partial charge in [0.25, 0.3) is 0 Å². The monoisotopic (exact) mass is 277 g/mol. The first-order chi connectivity index (χ1) is 9.26. The van der Waals surface area contributed by atoms with Gasteiger partial charge in [-0.1, -0.05) is 12.1 Å². The second kappa shape index (κ2) is 9.31. The number of nitriles is 1. The summed E-state index contributed by atoms with van der Waals surface area (Å²) in [6, 6.07) is 9.79. The summed E-state index contributed by atoms with van der Waals surface area (Å²) in [5, 5.41) is 15.4. The van der Waals surface area contributed by atoms with Gasteiger partial charge in [-0.2, -0.15) is 5.26 Å². The average molecular weight is 277 g/mol. The molecule has 0 aliphatic heterocycles. The van der Waals surface area contributed by atoms with Crippen LogP contribution in [0.1, 0.15) is 18.9 Å². The van der Waals surface area contributed by atoms with Gasteiger partial charge < -0.3 is 15.4 Å². The Labute approximate surface area is 119 Å². The van der Waals surface area contributed by atoms with Crippen LogP contribution in [0.15, 0.2) is 24.3 Å². The standard InChI is InChI=1S/C14H19N3OS/c1-2-18-11-3-10-16-14(19)17-13-6-4-12(5-7-13)8-9-15/h4-7H,2-3,8,10-11H2,1H3,(H2,16,17,19). The molecule has 19 heavy (non-hydrogen) atoms. The molecule has 0 amide bonds. The zero-order valence-electron chi connectivity index (χ0n) is 11.1. The highest BCUT2D eigenvalue weighted by atomic mass is 32.1. The number of rotatable bonds is 7. The lowest BCUT2D eigenvalue weighted by Crippen LogP contribution is -2.29. The highest BCUT2D eigenvalue weighted by Gasteiger charge is 1.98. The number of hydrogen-bond acceptors (Lipinski definition) is 3. The molecule has 5 heteroatoms. The van der Waals surface area contributed by atoms with E-state index in [0.29, 0.717) is 11.5 Å². The van der Waals surface area contributed by atoms with Gasteiger partial charge in [0.15, 0.2) is 5.11 Å². The van der Waals surface area contributed by atoms with E-state index in [2.05, 4.69) is 16.7 Å². The Bertz CT molecular complexity index is 425. The summed E-state index contributed by atoms with van der Waals surface area (Å²) in [7, 11) is 0. The van der Waals surface area contributed by atoms with Crippen molar-refractivity contribution in [2.45, 2.75) is 19.8 Å². The molecule has 0 unspecified atom stereocenters. The van der Waals surface area contributed by atoms with Crippen LogP contribution in [0.4, 0.5) is 5.69 Å². The lowest BCUT2D eigenvalue weighted by Gasteiger charge is -2.10. The molecule has 0 fully saturated rings. The molecule has 0 aliphatic carbocycles. The molecule has 0 spiro atoms. The van der Waals surface area contributed by atoms with E-state index in [4.69, 9.17) is 22.2 Å². The van der Waals surface area contributed by atoms with Crippen molar-refractivity contribution in [3.8, 4) is 6.07 Å². The summed E-state index contributed by atoms with van der Waals surface area (Å²) in [6.07, 6.45) is 1.36. The molecule has 1 rings (SSSR count). The van der Waals surface area contributed by atoms with Crippen molar-refractivity contribution in [1.82, 2.24) is 5.32 Å². The minimum Gasteiger partial charge on any atom is -0.382 e. The molecule has 0 saturated carbocycles. The summed E-state index contributed by atoms with van der Waals surface area (Å²) in [4.78, 5) is 0. The van der Waals surface area contributed by atoms with Crippen LogP contribution in [0.5, 0.6) is 0 Å². The molecule has 0 aliphatic rings. The van der Waals surface area contributed by atoms with E-state index in [0.717, 1.165) is 37.4 Å². The number of nitrogens with one attached hydrogen (secondary N) is 2. The molecule has 1 aromatic rings. The van der Waals surface area contributed by atoms with Gasteiger partial charge in [0.2, 0.25) is 0 Å². The fourth-order valence-corrected chi connectivity index (χ4v) is 1.71. The Morgan fingerprint density at radius 2 is 2.11 bits per heavy atom. The number of anilines is 1.